The highest BCUT2D eigenvalue weighted by Gasteiger charge is 2.53. The first-order valence-electron chi connectivity index (χ1n) is 5.91. The smallest absolute Gasteiger partial charge is 0.303 e. The minimum atomic E-state index is -0.952. The zero-order chi connectivity index (χ0) is 12.6. The first kappa shape index (κ1) is 12.3. The summed E-state index contributed by atoms with van der Waals surface area (Å²) in [7, 11) is 0. The predicted octanol–water partition coefficient (Wildman–Crippen LogP) is -0.838. The van der Waals surface area contributed by atoms with Crippen LogP contribution in [0, 0.1) is 5.92 Å². The zero-order valence-corrected chi connectivity index (χ0v) is 9.63. The van der Waals surface area contributed by atoms with Gasteiger partial charge < -0.3 is 20.8 Å². The topological polar surface area (TPSA) is 104 Å². The molecule has 0 bridgehead atoms. The van der Waals surface area contributed by atoms with Crippen LogP contribution in [0.15, 0.2) is 0 Å². The van der Waals surface area contributed by atoms with Gasteiger partial charge in [0.25, 0.3) is 0 Å². The predicted molar refractivity (Wildman–Crippen MR) is 59.1 cm³/mol. The van der Waals surface area contributed by atoms with E-state index >= 15 is 0 Å². The first-order valence-corrected chi connectivity index (χ1v) is 5.91. The van der Waals surface area contributed by atoms with E-state index in [1.165, 1.54) is 4.90 Å². The number of carbonyl (C=O) groups excluding carboxylic acids is 1. The summed E-state index contributed by atoms with van der Waals surface area (Å²) >= 11 is 0. The number of nitrogens with zero attached hydrogens (tertiary/aromatic N) is 1. The average molecular weight is 242 g/mol. The summed E-state index contributed by atoms with van der Waals surface area (Å²) in [6.07, 6.45) is 2.10. The molecule has 1 saturated carbocycles. The van der Waals surface area contributed by atoms with E-state index in [4.69, 9.17) is 10.8 Å². The molecule has 2 rings (SSSR count). The van der Waals surface area contributed by atoms with Crippen LogP contribution in [-0.4, -0.2) is 51.7 Å². The van der Waals surface area contributed by atoms with Gasteiger partial charge in [0.15, 0.2) is 0 Å². The summed E-state index contributed by atoms with van der Waals surface area (Å²) in [6, 6.07) is -0.769. The maximum atomic E-state index is 11.8. The highest BCUT2D eigenvalue weighted by molar-refractivity contribution is 5.83. The molecule has 0 aromatic carbocycles. The van der Waals surface area contributed by atoms with Crippen molar-refractivity contribution in [3.63, 3.8) is 0 Å². The van der Waals surface area contributed by atoms with Crippen LogP contribution in [0.2, 0.25) is 0 Å². The van der Waals surface area contributed by atoms with Crippen molar-refractivity contribution in [1.29, 1.82) is 0 Å². The molecule has 4 N–H and O–H groups in total. The second kappa shape index (κ2) is 4.27. The minimum absolute atomic E-state index is 0.104. The molecule has 1 unspecified atom stereocenters. The van der Waals surface area contributed by atoms with Crippen LogP contribution >= 0.6 is 0 Å². The van der Waals surface area contributed by atoms with Crippen molar-refractivity contribution in [3.8, 4) is 0 Å². The van der Waals surface area contributed by atoms with Crippen LogP contribution in [0.4, 0.5) is 0 Å². The molecular weight excluding hydrogens is 224 g/mol. The van der Waals surface area contributed by atoms with Crippen LogP contribution in [-0.2, 0) is 9.59 Å². The number of aliphatic hydroxyl groups is 1. The lowest BCUT2D eigenvalue weighted by Gasteiger charge is -2.47. The van der Waals surface area contributed by atoms with Gasteiger partial charge in [0.2, 0.25) is 5.91 Å². The Morgan fingerprint density at radius 3 is 2.47 bits per heavy atom. The Bertz CT molecular complexity index is 334. The van der Waals surface area contributed by atoms with Gasteiger partial charge in [-0.3, -0.25) is 9.59 Å². The van der Waals surface area contributed by atoms with Crippen molar-refractivity contribution >= 4 is 11.9 Å². The lowest BCUT2D eigenvalue weighted by molar-refractivity contribution is -0.160. The number of carboxylic acids is 1. The monoisotopic (exact) mass is 242 g/mol. The fraction of sp³-hybridized carbons (Fsp3) is 0.818. The Morgan fingerprint density at radius 2 is 2.00 bits per heavy atom. The summed E-state index contributed by atoms with van der Waals surface area (Å²) in [5.41, 5.74) is 4.91. The number of carbonyl (C=O) groups is 2. The Hall–Kier alpha value is -1.14. The molecule has 2 fully saturated rings. The lowest BCUT2D eigenvalue weighted by Crippen LogP contribution is -2.67. The fourth-order valence-corrected chi connectivity index (χ4v) is 2.29. The maximum absolute atomic E-state index is 11.8. The van der Waals surface area contributed by atoms with Crippen LogP contribution in [0.3, 0.4) is 0 Å². The molecule has 0 aromatic rings. The molecule has 0 radical (unpaired) electrons. The molecule has 0 spiro atoms. The van der Waals surface area contributed by atoms with Crippen molar-refractivity contribution in [1.82, 2.24) is 4.90 Å². The number of nitrogens with two attached hydrogens (primary N) is 1. The molecule has 6 heteroatoms. The summed E-state index contributed by atoms with van der Waals surface area (Å²) in [4.78, 5) is 23.6. The molecule has 1 saturated heterocycles. The zero-order valence-electron chi connectivity index (χ0n) is 9.63. The Labute approximate surface area is 99.4 Å². The van der Waals surface area contributed by atoms with E-state index in [0.717, 1.165) is 12.8 Å². The third kappa shape index (κ3) is 2.58. The van der Waals surface area contributed by atoms with Crippen LogP contribution in [0.1, 0.15) is 25.7 Å². The summed E-state index contributed by atoms with van der Waals surface area (Å²) in [5.74, 6) is -0.871. The Morgan fingerprint density at radius 1 is 1.41 bits per heavy atom. The summed E-state index contributed by atoms with van der Waals surface area (Å²) < 4.78 is 0. The van der Waals surface area contributed by atoms with Gasteiger partial charge in [-0.2, -0.15) is 0 Å². The van der Waals surface area contributed by atoms with Crippen molar-refractivity contribution < 1.29 is 19.8 Å². The van der Waals surface area contributed by atoms with Crippen molar-refractivity contribution in [2.24, 2.45) is 11.7 Å². The molecule has 1 aliphatic heterocycles. The standard InChI is InChI=1S/C11H18N2O4/c12-8(3-4-9(14)15)10(16)13-5-11(17,6-13)7-1-2-7/h7-8,17H,1-6,12H2,(H,14,15). The molecule has 6 nitrogen and oxygen atoms in total. The third-order valence-corrected chi connectivity index (χ3v) is 3.56. The quantitative estimate of drug-likeness (QED) is 0.583. The number of rotatable bonds is 5. The molecule has 1 aliphatic carbocycles. The minimum Gasteiger partial charge on any atom is -0.481 e. The number of hydrogen-bond acceptors (Lipinski definition) is 4. The van der Waals surface area contributed by atoms with Crippen molar-refractivity contribution in [2.75, 3.05) is 13.1 Å². The summed E-state index contributed by atoms with van der Waals surface area (Å²) in [5, 5.41) is 18.5. The molecule has 1 amide bonds. The molecular formula is C11H18N2O4. The number of likely N-dealkylation sites (tertiary alicyclic amines) is 1. The molecule has 96 valence electrons. The van der Waals surface area contributed by atoms with Gasteiger partial charge in [0.05, 0.1) is 19.1 Å². The molecule has 2 aliphatic rings. The van der Waals surface area contributed by atoms with Gasteiger partial charge in [-0.1, -0.05) is 0 Å². The SMILES string of the molecule is NC(CCC(=O)O)C(=O)N1CC(O)(C2CC2)C1. The van der Waals surface area contributed by atoms with Gasteiger partial charge in [0.1, 0.15) is 5.60 Å². The molecule has 1 heterocycles. The van der Waals surface area contributed by atoms with Gasteiger partial charge >= 0.3 is 5.97 Å². The average Bonchev–Trinajstić information content (AvgIpc) is 3.04. The number of aliphatic carboxylic acids is 1. The van der Waals surface area contributed by atoms with Crippen LogP contribution in [0.25, 0.3) is 0 Å². The van der Waals surface area contributed by atoms with E-state index in [-0.39, 0.29) is 18.7 Å². The van der Waals surface area contributed by atoms with Crippen LogP contribution < -0.4 is 5.73 Å². The molecule has 0 aromatic heterocycles. The Kier molecular flexibility index (Phi) is 3.09. The fourth-order valence-electron chi connectivity index (χ4n) is 2.29. The van der Waals surface area contributed by atoms with Gasteiger partial charge in [0, 0.05) is 6.42 Å². The van der Waals surface area contributed by atoms with E-state index in [2.05, 4.69) is 0 Å². The van der Waals surface area contributed by atoms with Gasteiger partial charge in [-0.05, 0) is 25.2 Å². The van der Waals surface area contributed by atoms with E-state index in [1.807, 2.05) is 0 Å². The Balaban J connectivity index is 1.76. The van der Waals surface area contributed by atoms with Gasteiger partial charge in [-0.15, -0.1) is 0 Å². The number of β-amino-alcohol motifs (C(OH)–C–C–N with tert-alkyl or cyclic N) is 1. The van der Waals surface area contributed by atoms with Crippen molar-refractivity contribution in [2.45, 2.75) is 37.3 Å². The second-order valence-corrected chi connectivity index (χ2v) is 5.11. The lowest BCUT2D eigenvalue weighted by atomic mass is 9.88. The molecule has 1 atom stereocenters. The normalized spacial score (nSPS) is 24.0. The third-order valence-electron chi connectivity index (χ3n) is 3.56. The number of amides is 1. The highest BCUT2D eigenvalue weighted by atomic mass is 16.4. The first-order chi connectivity index (χ1) is 7.92. The second-order valence-electron chi connectivity index (χ2n) is 5.11. The maximum Gasteiger partial charge on any atom is 0.303 e. The number of hydrogen-bond donors (Lipinski definition) is 3. The van der Waals surface area contributed by atoms with E-state index < -0.39 is 17.6 Å². The largest absolute Gasteiger partial charge is 0.481 e. The van der Waals surface area contributed by atoms with Gasteiger partial charge in [-0.25, -0.2) is 0 Å². The van der Waals surface area contributed by atoms with Crippen molar-refractivity contribution in [3.05, 3.63) is 0 Å². The van der Waals surface area contributed by atoms with E-state index in [0.29, 0.717) is 19.0 Å². The van der Waals surface area contributed by atoms with E-state index in [1.54, 1.807) is 0 Å². The highest BCUT2D eigenvalue weighted by Crippen LogP contribution is 2.44. The van der Waals surface area contributed by atoms with Crippen LogP contribution in [0.5, 0.6) is 0 Å². The molecule has 17 heavy (non-hydrogen) atoms. The van der Waals surface area contributed by atoms with E-state index in [9.17, 15) is 14.7 Å². The summed E-state index contributed by atoms with van der Waals surface area (Å²) in [6.45, 7) is 0.689. The number of carboxylic acid groups (broad SMARTS) is 1.